The first-order valence-electron chi connectivity index (χ1n) is 8.38. The number of H-pyrrole nitrogens is 1. The first kappa shape index (κ1) is 17.0. The van der Waals surface area contributed by atoms with Crippen LogP contribution < -0.4 is 4.74 Å². The maximum absolute atomic E-state index is 12.4. The Morgan fingerprint density at radius 1 is 1.32 bits per heavy atom. The molecule has 5 heteroatoms. The van der Waals surface area contributed by atoms with Crippen molar-refractivity contribution in [3.8, 4) is 11.8 Å². The summed E-state index contributed by atoms with van der Waals surface area (Å²) in [5.74, 6) is 0.821. The molecule has 1 aromatic carbocycles. The highest BCUT2D eigenvalue weighted by molar-refractivity contribution is 6.03. The topological polar surface area (TPSA) is 78.2 Å². The molecule has 5 nitrogen and oxygen atoms in total. The fourth-order valence-corrected chi connectivity index (χ4v) is 3.22. The van der Waals surface area contributed by atoms with E-state index in [0.29, 0.717) is 29.8 Å². The molecule has 1 aliphatic rings. The van der Waals surface area contributed by atoms with E-state index in [-0.39, 0.29) is 11.2 Å². The summed E-state index contributed by atoms with van der Waals surface area (Å²) in [5.41, 5.74) is 3.02. The Morgan fingerprint density at radius 2 is 2.04 bits per heavy atom. The summed E-state index contributed by atoms with van der Waals surface area (Å²) < 4.78 is 5.41. The van der Waals surface area contributed by atoms with Gasteiger partial charge in [0.15, 0.2) is 5.78 Å². The van der Waals surface area contributed by atoms with Gasteiger partial charge in [0.2, 0.25) is 0 Å². The van der Waals surface area contributed by atoms with Crippen LogP contribution in [0, 0.1) is 16.7 Å². The predicted molar refractivity (Wildman–Crippen MR) is 96.8 cm³/mol. The molecule has 128 valence electrons. The highest BCUT2D eigenvalue weighted by atomic mass is 16.5. The van der Waals surface area contributed by atoms with Crippen LogP contribution >= 0.6 is 0 Å². The zero-order valence-electron chi connectivity index (χ0n) is 14.7. The van der Waals surface area contributed by atoms with Gasteiger partial charge in [-0.1, -0.05) is 13.8 Å². The Balaban J connectivity index is 1.91. The maximum Gasteiger partial charge on any atom is 0.166 e. The summed E-state index contributed by atoms with van der Waals surface area (Å²) in [7, 11) is 0. The first-order chi connectivity index (χ1) is 11.9. The summed E-state index contributed by atoms with van der Waals surface area (Å²) in [5, 5.41) is 9.50. The molecule has 1 N–H and O–H groups in total. The molecule has 0 saturated carbocycles. The third kappa shape index (κ3) is 3.48. The smallest absolute Gasteiger partial charge is 0.166 e. The van der Waals surface area contributed by atoms with Crippen LogP contribution in [-0.4, -0.2) is 23.6 Å². The molecular formula is C20H21N3O2. The van der Waals surface area contributed by atoms with Crippen molar-refractivity contribution in [3.63, 3.8) is 0 Å². The molecule has 0 spiro atoms. The van der Waals surface area contributed by atoms with Gasteiger partial charge in [-0.05, 0) is 43.0 Å². The molecule has 0 bridgehead atoms. The van der Waals surface area contributed by atoms with Gasteiger partial charge < -0.3 is 9.72 Å². The minimum atomic E-state index is -0.0921. The van der Waals surface area contributed by atoms with Crippen molar-refractivity contribution in [1.29, 1.82) is 5.26 Å². The number of carbonyl (C=O) groups is 1. The highest BCUT2D eigenvalue weighted by Crippen LogP contribution is 2.36. The number of benzene rings is 1. The number of ketones is 1. The Kier molecular flexibility index (Phi) is 4.45. The maximum atomic E-state index is 12.4. The molecule has 1 aromatic heterocycles. The molecule has 0 aliphatic heterocycles. The van der Waals surface area contributed by atoms with Crippen LogP contribution in [0.15, 0.2) is 29.3 Å². The van der Waals surface area contributed by atoms with E-state index in [1.54, 1.807) is 6.21 Å². The molecule has 0 radical (unpaired) electrons. The number of nitrogens with one attached hydrogen (secondary N) is 1. The van der Waals surface area contributed by atoms with Crippen molar-refractivity contribution in [1.82, 2.24) is 4.98 Å². The Hall–Kier alpha value is -2.87. The minimum absolute atomic E-state index is 0.0276. The van der Waals surface area contributed by atoms with Crippen LogP contribution in [0.4, 0.5) is 5.69 Å². The van der Waals surface area contributed by atoms with Crippen molar-refractivity contribution in [2.45, 2.75) is 33.6 Å². The van der Waals surface area contributed by atoms with Crippen LogP contribution in [-0.2, 0) is 6.42 Å². The second-order valence-electron chi connectivity index (χ2n) is 7.01. The number of carbonyl (C=O) groups excluding carboxylic acids is 1. The van der Waals surface area contributed by atoms with E-state index in [9.17, 15) is 10.1 Å². The molecule has 25 heavy (non-hydrogen) atoms. The average Bonchev–Trinajstić information content (AvgIpc) is 2.90. The van der Waals surface area contributed by atoms with E-state index < -0.39 is 0 Å². The molecule has 1 aliphatic carbocycles. The highest BCUT2D eigenvalue weighted by Gasteiger charge is 2.35. The molecule has 0 atom stereocenters. The predicted octanol–water partition coefficient (Wildman–Crippen LogP) is 4.19. The van der Waals surface area contributed by atoms with Gasteiger partial charge in [-0.15, -0.1) is 0 Å². The number of ether oxygens (including phenoxy) is 1. The number of aromatic nitrogens is 1. The minimum Gasteiger partial charge on any atom is -0.494 e. The lowest BCUT2D eigenvalue weighted by molar-refractivity contribution is 0.0911. The summed E-state index contributed by atoms with van der Waals surface area (Å²) in [4.78, 5) is 20.1. The lowest BCUT2D eigenvalue weighted by atomic mass is 9.75. The van der Waals surface area contributed by atoms with Gasteiger partial charge in [0.25, 0.3) is 0 Å². The van der Waals surface area contributed by atoms with Crippen molar-refractivity contribution >= 4 is 17.7 Å². The monoisotopic (exact) mass is 335 g/mol. The van der Waals surface area contributed by atoms with Crippen molar-refractivity contribution in [3.05, 3.63) is 46.8 Å². The second kappa shape index (κ2) is 6.56. The lowest BCUT2D eigenvalue weighted by Crippen LogP contribution is -2.26. The van der Waals surface area contributed by atoms with E-state index in [0.717, 1.165) is 23.6 Å². The molecule has 0 unspecified atom stereocenters. The van der Waals surface area contributed by atoms with Crippen molar-refractivity contribution in [2.24, 2.45) is 10.4 Å². The number of hydrogen-bond donors (Lipinski definition) is 1. The standard InChI is InChI=1S/C20H21N3O2/c1-4-25-14-7-5-13(6-8-14)22-12-17-15(11-21)19-16(23-17)9-20(2,3)10-18(19)24/h5-8,12,23H,4,9-10H2,1-3H3. The summed E-state index contributed by atoms with van der Waals surface area (Å²) in [6.45, 7) is 6.68. The largest absolute Gasteiger partial charge is 0.494 e. The Labute approximate surface area is 147 Å². The number of fused-ring (bicyclic) bond motifs is 1. The van der Waals surface area contributed by atoms with Gasteiger partial charge in [0, 0.05) is 12.1 Å². The number of nitrogens with zero attached hydrogens (tertiary/aromatic N) is 2. The fourth-order valence-electron chi connectivity index (χ4n) is 3.22. The molecule has 2 aromatic rings. The quantitative estimate of drug-likeness (QED) is 0.851. The van der Waals surface area contributed by atoms with Gasteiger partial charge in [0.05, 0.1) is 35.3 Å². The van der Waals surface area contributed by atoms with E-state index >= 15 is 0 Å². The molecule has 0 saturated heterocycles. The van der Waals surface area contributed by atoms with Crippen molar-refractivity contribution in [2.75, 3.05) is 6.61 Å². The van der Waals surface area contributed by atoms with E-state index in [2.05, 4.69) is 29.9 Å². The van der Waals surface area contributed by atoms with E-state index in [1.165, 1.54) is 0 Å². The molecule has 1 heterocycles. The number of hydrogen-bond acceptors (Lipinski definition) is 4. The third-order valence-electron chi connectivity index (χ3n) is 4.28. The molecule has 3 rings (SSSR count). The zero-order valence-corrected chi connectivity index (χ0v) is 14.7. The van der Waals surface area contributed by atoms with Crippen LogP contribution in [0.2, 0.25) is 0 Å². The van der Waals surface area contributed by atoms with Crippen LogP contribution in [0.3, 0.4) is 0 Å². The summed E-state index contributed by atoms with van der Waals surface area (Å²) in [6.07, 6.45) is 2.83. The lowest BCUT2D eigenvalue weighted by Gasteiger charge is -2.28. The molecule has 0 fully saturated rings. The van der Waals surface area contributed by atoms with Gasteiger partial charge in [0.1, 0.15) is 11.8 Å². The van der Waals surface area contributed by atoms with Gasteiger partial charge in [-0.25, -0.2) is 0 Å². The zero-order chi connectivity index (χ0) is 18.0. The molecule has 0 amide bonds. The van der Waals surface area contributed by atoms with Gasteiger partial charge in [-0.2, -0.15) is 5.26 Å². The second-order valence-corrected chi connectivity index (χ2v) is 7.01. The number of aromatic amines is 1. The number of rotatable bonds is 4. The normalized spacial score (nSPS) is 15.8. The third-order valence-corrected chi connectivity index (χ3v) is 4.28. The fraction of sp³-hybridized carbons (Fsp3) is 0.350. The number of Topliss-reactive ketones (excluding diaryl/α,β-unsaturated/α-hetero) is 1. The van der Waals surface area contributed by atoms with Crippen LogP contribution in [0.5, 0.6) is 5.75 Å². The van der Waals surface area contributed by atoms with Gasteiger partial charge >= 0.3 is 0 Å². The van der Waals surface area contributed by atoms with Crippen molar-refractivity contribution < 1.29 is 9.53 Å². The Bertz CT molecular complexity index is 868. The van der Waals surface area contributed by atoms with Crippen LogP contribution in [0.1, 0.15) is 54.5 Å². The first-order valence-corrected chi connectivity index (χ1v) is 8.38. The summed E-state index contributed by atoms with van der Waals surface area (Å²) >= 11 is 0. The van der Waals surface area contributed by atoms with E-state index in [4.69, 9.17) is 4.74 Å². The number of nitriles is 1. The average molecular weight is 335 g/mol. The molecular weight excluding hydrogens is 314 g/mol. The van der Waals surface area contributed by atoms with E-state index in [1.807, 2.05) is 31.2 Å². The van der Waals surface area contributed by atoms with Crippen LogP contribution in [0.25, 0.3) is 0 Å². The summed E-state index contributed by atoms with van der Waals surface area (Å²) in [6, 6.07) is 9.57. The SMILES string of the molecule is CCOc1ccc(N=Cc2[nH]c3c(c2C#N)C(=O)CC(C)(C)C3)cc1. The number of aliphatic imine (C=N–C) groups is 1. The van der Waals surface area contributed by atoms with Gasteiger partial charge in [-0.3, -0.25) is 9.79 Å². The Morgan fingerprint density at radius 3 is 2.68 bits per heavy atom.